The Morgan fingerprint density at radius 1 is 1.42 bits per heavy atom. The molecule has 100 valence electrons. The summed E-state index contributed by atoms with van der Waals surface area (Å²) in [5, 5.41) is 8.88. The summed E-state index contributed by atoms with van der Waals surface area (Å²) in [6.07, 6.45) is 1.60. The van der Waals surface area contributed by atoms with Crippen LogP contribution in [0.15, 0.2) is 24.5 Å². The number of aromatic nitrogens is 2. The molecule has 0 saturated carbocycles. The third kappa shape index (κ3) is 3.08. The van der Waals surface area contributed by atoms with E-state index in [9.17, 15) is 9.59 Å². The fraction of sp³-hybridized carbons (Fsp3) is 0.250. The Bertz CT molecular complexity index is 620. The lowest BCUT2D eigenvalue weighted by atomic mass is 10.2. The number of imidazole rings is 1. The Labute approximate surface area is 108 Å². The molecule has 19 heavy (non-hydrogen) atoms. The van der Waals surface area contributed by atoms with E-state index in [-0.39, 0.29) is 12.2 Å². The van der Waals surface area contributed by atoms with Gasteiger partial charge in [0.2, 0.25) is 5.91 Å². The van der Waals surface area contributed by atoms with Gasteiger partial charge in [0, 0.05) is 6.54 Å². The van der Waals surface area contributed by atoms with Gasteiger partial charge in [-0.2, -0.15) is 0 Å². The third-order valence-corrected chi connectivity index (χ3v) is 2.59. The predicted octanol–water partition coefficient (Wildman–Crippen LogP) is 0.236. The van der Waals surface area contributed by atoms with Gasteiger partial charge in [-0.15, -0.1) is 0 Å². The van der Waals surface area contributed by atoms with Crippen LogP contribution < -0.4 is 5.73 Å². The first-order valence-corrected chi connectivity index (χ1v) is 5.62. The molecule has 7 nitrogen and oxygen atoms in total. The highest BCUT2D eigenvalue weighted by Gasteiger charge is 2.07. The van der Waals surface area contributed by atoms with Crippen LogP contribution in [-0.2, 0) is 16.1 Å². The van der Waals surface area contributed by atoms with Crippen molar-refractivity contribution in [3.63, 3.8) is 0 Å². The Hall–Kier alpha value is -2.41. The van der Waals surface area contributed by atoms with E-state index in [2.05, 4.69) is 4.98 Å². The largest absolute Gasteiger partial charge is 0.478 e. The summed E-state index contributed by atoms with van der Waals surface area (Å²) in [6, 6.07) is 4.73. The Morgan fingerprint density at radius 3 is 2.89 bits per heavy atom. The van der Waals surface area contributed by atoms with E-state index in [1.54, 1.807) is 12.4 Å². The van der Waals surface area contributed by atoms with Gasteiger partial charge in [-0.25, -0.2) is 9.78 Å². The van der Waals surface area contributed by atoms with Crippen molar-refractivity contribution >= 4 is 22.9 Å². The molecule has 0 spiro atoms. The molecule has 0 unspecified atom stereocenters. The van der Waals surface area contributed by atoms with Crippen molar-refractivity contribution in [3.8, 4) is 0 Å². The maximum Gasteiger partial charge on any atom is 0.335 e. The lowest BCUT2D eigenvalue weighted by Crippen LogP contribution is -2.19. The molecule has 0 aliphatic rings. The second-order valence-corrected chi connectivity index (χ2v) is 3.97. The van der Waals surface area contributed by atoms with Crippen molar-refractivity contribution in [2.24, 2.45) is 5.73 Å². The molecule has 1 aromatic heterocycles. The second kappa shape index (κ2) is 5.49. The molecule has 0 bridgehead atoms. The highest BCUT2D eigenvalue weighted by Crippen LogP contribution is 2.14. The number of aromatic carboxylic acids is 1. The van der Waals surface area contributed by atoms with Crippen molar-refractivity contribution in [1.29, 1.82) is 0 Å². The highest BCUT2D eigenvalue weighted by atomic mass is 16.5. The summed E-state index contributed by atoms with van der Waals surface area (Å²) in [5.74, 6) is -1.50. The Balaban J connectivity index is 2.08. The Morgan fingerprint density at radius 2 is 2.21 bits per heavy atom. The first-order chi connectivity index (χ1) is 9.08. The molecule has 1 amide bonds. The van der Waals surface area contributed by atoms with Crippen LogP contribution in [-0.4, -0.2) is 39.7 Å². The van der Waals surface area contributed by atoms with Crippen molar-refractivity contribution in [3.05, 3.63) is 30.1 Å². The fourth-order valence-corrected chi connectivity index (χ4v) is 1.71. The molecule has 2 aromatic rings. The first-order valence-electron chi connectivity index (χ1n) is 5.62. The molecule has 2 rings (SSSR count). The summed E-state index contributed by atoms with van der Waals surface area (Å²) in [7, 11) is 0. The summed E-state index contributed by atoms with van der Waals surface area (Å²) in [6.45, 7) is 0.723. The zero-order chi connectivity index (χ0) is 13.8. The summed E-state index contributed by atoms with van der Waals surface area (Å²) in [5.41, 5.74) is 6.56. The number of carboxylic acids is 1. The lowest BCUT2D eigenvalue weighted by Gasteiger charge is -2.04. The topological polar surface area (TPSA) is 107 Å². The number of nitrogens with two attached hydrogens (primary N) is 1. The number of hydrogen-bond donors (Lipinski definition) is 2. The molecule has 0 saturated heterocycles. The number of carboxylic acid groups (broad SMARTS) is 1. The van der Waals surface area contributed by atoms with Gasteiger partial charge in [-0.05, 0) is 18.2 Å². The molecule has 1 heterocycles. The van der Waals surface area contributed by atoms with Crippen LogP contribution in [0.4, 0.5) is 0 Å². The first kappa shape index (κ1) is 13.0. The van der Waals surface area contributed by atoms with Gasteiger partial charge in [-0.3, -0.25) is 4.79 Å². The standard InChI is InChI=1S/C12H13N3O4/c13-11(16)6-19-4-3-15-7-14-9-5-8(12(17)18)1-2-10(9)15/h1-2,5,7H,3-4,6H2,(H2,13,16)(H,17,18). The van der Waals surface area contributed by atoms with E-state index in [1.807, 2.05) is 4.57 Å². The van der Waals surface area contributed by atoms with E-state index >= 15 is 0 Å². The van der Waals surface area contributed by atoms with E-state index in [4.69, 9.17) is 15.6 Å². The third-order valence-electron chi connectivity index (χ3n) is 2.59. The minimum absolute atomic E-state index is 0.115. The average Bonchev–Trinajstić information content (AvgIpc) is 2.76. The van der Waals surface area contributed by atoms with Crippen molar-refractivity contribution in [2.75, 3.05) is 13.2 Å². The quantitative estimate of drug-likeness (QED) is 0.726. The normalized spacial score (nSPS) is 10.7. The number of carbonyl (C=O) groups excluding carboxylic acids is 1. The number of primary amides is 1. The second-order valence-electron chi connectivity index (χ2n) is 3.97. The number of amides is 1. The monoisotopic (exact) mass is 263 g/mol. The van der Waals surface area contributed by atoms with Gasteiger partial charge < -0.3 is 20.1 Å². The van der Waals surface area contributed by atoms with E-state index in [1.165, 1.54) is 12.1 Å². The smallest absolute Gasteiger partial charge is 0.335 e. The number of benzene rings is 1. The minimum Gasteiger partial charge on any atom is -0.478 e. The number of nitrogens with zero attached hydrogens (tertiary/aromatic N) is 2. The fourth-order valence-electron chi connectivity index (χ4n) is 1.71. The molecular weight excluding hydrogens is 250 g/mol. The van der Waals surface area contributed by atoms with E-state index in [0.29, 0.717) is 18.7 Å². The van der Waals surface area contributed by atoms with Gasteiger partial charge in [0.15, 0.2) is 0 Å². The number of fused-ring (bicyclic) bond motifs is 1. The molecule has 0 aliphatic heterocycles. The van der Waals surface area contributed by atoms with Crippen LogP contribution in [0.2, 0.25) is 0 Å². The van der Waals surface area contributed by atoms with Crippen molar-refractivity contribution in [2.45, 2.75) is 6.54 Å². The minimum atomic E-state index is -0.985. The number of hydrogen-bond acceptors (Lipinski definition) is 4. The van der Waals surface area contributed by atoms with Crippen LogP contribution in [0, 0.1) is 0 Å². The molecule has 0 radical (unpaired) electrons. The molecule has 3 N–H and O–H groups in total. The molecular formula is C12H13N3O4. The highest BCUT2D eigenvalue weighted by molar-refractivity contribution is 5.92. The summed E-state index contributed by atoms with van der Waals surface area (Å²) in [4.78, 5) is 25.5. The van der Waals surface area contributed by atoms with Gasteiger partial charge in [0.25, 0.3) is 0 Å². The van der Waals surface area contributed by atoms with E-state index in [0.717, 1.165) is 5.52 Å². The number of ether oxygens (including phenoxy) is 1. The zero-order valence-corrected chi connectivity index (χ0v) is 10.1. The zero-order valence-electron chi connectivity index (χ0n) is 10.1. The summed E-state index contributed by atoms with van der Waals surface area (Å²) >= 11 is 0. The van der Waals surface area contributed by atoms with Crippen LogP contribution in [0.1, 0.15) is 10.4 Å². The Kier molecular flexibility index (Phi) is 3.76. The predicted molar refractivity (Wildman–Crippen MR) is 66.7 cm³/mol. The molecule has 0 atom stereocenters. The van der Waals surface area contributed by atoms with Gasteiger partial charge >= 0.3 is 5.97 Å². The van der Waals surface area contributed by atoms with Crippen molar-refractivity contribution < 1.29 is 19.4 Å². The maximum absolute atomic E-state index is 10.8. The van der Waals surface area contributed by atoms with Crippen LogP contribution in [0.5, 0.6) is 0 Å². The van der Waals surface area contributed by atoms with E-state index < -0.39 is 11.9 Å². The molecule has 7 heteroatoms. The van der Waals surface area contributed by atoms with Gasteiger partial charge in [0.1, 0.15) is 6.61 Å². The average molecular weight is 263 g/mol. The number of carbonyl (C=O) groups is 2. The molecule has 1 aromatic carbocycles. The molecule has 0 fully saturated rings. The maximum atomic E-state index is 10.8. The molecule has 0 aliphatic carbocycles. The van der Waals surface area contributed by atoms with Crippen LogP contribution >= 0.6 is 0 Å². The van der Waals surface area contributed by atoms with Crippen LogP contribution in [0.25, 0.3) is 11.0 Å². The van der Waals surface area contributed by atoms with Gasteiger partial charge in [-0.1, -0.05) is 0 Å². The lowest BCUT2D eigenvalue weighted by molar-refractivity contribution is -0.122. The van der Waals surface area contributed by atoms with Crippen molar-refractivity contribution in [1.82, 2.24) is 9.55 Å². The van der Waals surface area contributed by atoms with Gasteiger partial charge in [0.05, 0.1) is 29.5 Å². The van der Waals surface area contributed by atoms with Crippen LogP contribution in [0.3, 0.4) is 0 Å². The SMILES string of the molecule is NC(=O)COCCn1cnc2cc(C(=O)O)ccc21. The summed E-state index contributed by atoms with van der Waals surface area (Å²) < 4.78 is 6.88. The number of rotatable bonds is 6.